The van der Waals surface area contributed by atoms with Gasteiger partial charge in [-0.15, -0.1) is 0 Å². The molecule has 0 aromatic heterocycles. The SMILES string of the molecule is N#Cc1ccc(Nc2ccc(F)cc2Cl)c(Cl)c1. The van der Waals surface area contributed by atoms with E-state index >= 15 is 0 Å². The van der Waals surface area contributed by atoms with Gasteiger partial charge in [0.05, 0.1) is 33.1 Å². The molecule has 0 spiro atoms. The Kier molecular flexibility index (Phi) is 3.71. The molecule has 5 heteroatoms. The Labute approximate surface area is 114 Å². The quantitative estimate of drug-likeness (QED) is 0.862. The van der Waals surface area contributed by atoms with Crippen LogP contribution in [0, 0.1) is 17.1 Å². The fraction of sp³-hybridized carbons (Fsp3) is 0. The summed E-state index contributed by atoms with van der Waals surface area (Å²) < 4.78 is 12.9. The van der Waals surface area contributed by atoms with E-state index in [1.165, 1.54) is 18.2 Å². The van der Waals surface area contributed by atoms with Crippen LogP contribution in [0.1, 0.15) is 5.56 Å². The Morgan fingerprint density at radius 1 is 1.00 bits per heavy atom. The summed E-state index contributed by atoms with van der Waals surface area (Å²) in [6.45, 7) is 0. The van der Waals surface area contributed by atoms with Crippen molar-refractivity contribution < 1.29 is 4.39 Å². The summed E-state index contributed by atoms with van der Waals surface area (Å²) in [5.74, 6) is -0.406. The van der Waals surface area contributed by atoms with Crippen molar-refractivity contribution in [3.05, 3.63) is 57.8 Å². The molecule has 0 radical (unpaired) electrons. The van der Waals surface area contributed by atoms with Gasteiger partial charge >= 0.3 is 0 Å². The van der Waals surface area contributed by atoms with Crippen molar-refractivity contribution in [2.24, 2.45) is 0 Å². The van der Waals surface area contributed by atoms with Gasteiger partial charge in [-0.25, -0.2) is 4.39 Å². The van der Waals surface area contributed by atoms with Gasteiger partial charge in [-0.2, -0.15) is 5.26 Å². The van der Waals surface area contributed by atoms with Gasteiger partial charge in [0.1, 0.15) is 5.82 Å². The van der Waals surface area contributed by atoms with Crippen LogP contribution in [0.5, 0.6) is 0 Å². The van der Waals surface area contributed by atoms with Crippen LogP contribution in [0.2, 0.25) is 10.0 Å². The zero-order valence-electron chi connectivity index (χ0n) is 9.05. The maximum atomic E-state index is 12.9. The number of hydrogen-bond donors (Lipinski definition) is 1. The van der Waals surface area contributed by atoms with Gasteiger partial charge in [0.25, 0.3) is 0 Å². The Balaban J connectivity index is 2.32. The molecule has 90 valence electrons. The first-order valence-electron chi connectivity index (χ1n) is 5.02. The van der Waals surface area contributed by atoms with Crippen LogP contribution >= 0.6 is 23.2 Å². The van der Waals surface area contributed by atoms with E-state index in [9.17, 15) is 4.39 Å². The average molecular weight is 281 g/mol. The van der Waals surface area contributed by atoms with Crippen molar-refractivity contribution >= 4 is 34.6 Å². The lowest BCUT2D eigenvalue weighted by Crippen LogP contribution is -1.93. The van der Waals surface area contributed by atoms with Crippen molar-refractivity contribution in [3.8, 4) is 6.07 Å². The molecule has 0 amide bonds. The number of benzene rings is 2. The van der Waals surface area contributed by atoms with Gasteiger partial charge in [0.2, 0.25) is 0 Å². The van der Waals surface area contributed by atoms with E-state index in [4.69, 9.17) is 28.5 Å². The first-order chi connectivity index (χ1) is 8.60. The largest absolute Gasteiger partial charge is 0.353 e. The third-order valence-electron chi connectivity index (χ3n) is 2.30. The van der Waals surface area contributed by atoms with Crippen molar-refractivity contribution in [2.45, 2.75) is 0 Å². The summed E-state index contributed by atoms with van der Waals surface area (Å²) in [4.78, 5) is 0. The zero-order valence-corrected chi connectivity index (χ0v) is 10.6. The van der Waals surface area contributed by atoms with Crippen LogP contribution in [0.4, 0.5) is 15.8 Å². The minimum atomic E-state index is -0.406. The summed E-state index contributed by atoms with van der Waals surface area (Å²) in [5.41, 5.74) is 1.62. The lowest BCUT2D eigenvalue weighted by Gasteiger charge is -2.10. The Morgan fingerprint density at radius 3 is 2.17 bits per heavy atom. The maximum absolute atomic E-state index is 12.9. The van der Waals surface area contributed by atoms with E-state index in [1.807, 2.05) is 6.07 Å². The van der Waals surface area contributed by atoms with Crippen LogP contribution in [-0.4, -0.2) is 0 Å². The van der Waals surface area contributed by atoms with Crippen molar-refractivity contribution in [2.75, 3.05) is 5.32 Å². The molecule has 0 saturated carbocycles. The molecule has 0 saturated heterocycles. The molecular weight excluding hydrogens is 274 g/mol. The zero-order chi connectivity index (χ0) is 13.1. The lowest BCUT2D eigenvalue weighted by atomic mass is 10.2. The summed E-state index contributed by atoms with van der Waals surface area (Å²) in [6, 6.07) is 10.9. The molecule has 0 fully saturated rings. The summed E-state index contributed by atoms with van der Waals surface area (Å²) in [6.07, 6.45) is 0. The summed E-state index contributed by atoms with van der Waals surface area (Å²) in [7, 11) is 0. The van der Waals surface area contributed by atoms with Gasteiger partial charge in [-0.1, -0.05) is 23.2 Å². The molecule has 0 aliphatic carbocycles. The van der Waals surface area contributed by atoms with Crippen LogP contribution in [0.25, 0.3) is 0 Å². The smallest absolute Gasteiger partial charge is 0.124 e. The Bertz CT molecular complexity index is 635. The van der Waals surface area contributed by atoms with E-state index < -0.39 is 5.82 Å². The van der Waals surface area contributed by atoms with Crippen LogP contribution in [0.3, 0.4) is 0 Å². The van der Waals surface area contributed by atoms with Crippen molar-refractivity contribution in [3.63, 3.8) is 0 Å². The minimum absolute atomic E-state index is 0.260. The third kappa shape index (κ3) is 2.73. The molecule has 0 aliphatic heterocycles. The molecule has 0 bridgehead atoms. The highest BCUT2D eigenvalue weighted by Crippen LogP contribution is 2.30. The molecule has 2 aromatic carbocycles. The molecule has 2 aromatic rings. The molecule has 0 aliphatic rings. The normalized spacial score (nSPS) is 9.89. The number of rotatable bonds is 2. The number of anilines is 2. The van der Waals surface area contributed by atoms with E-state index in [0.29, 0.717) is 22.0 Å². The second kappa shape index (κ2) is 5.26. The summed E-state index contributed by atoms with van der Waals surface area (Å²) in [5, 5.41) is 12.4. The highest BCUT2D eigenvalue weighted by Gasteiger charge is 2.06. The molecule has 1 N–H and O–H groups in total. The first-order valence-corrected chi connectivity index (χ1v) is 5.77. The van der Waals surface area contributed by atoms with Crippen molar-refractivity contribution in [1.82, 2.24) is 0 Å². The van der Waals surface area contributed by atoms with Gasteiger partial charge in [-0.3, -0.25) is 0 Å². The fourth-order valence-electron chi connectivity index (χ4n) is 1.42. The van der Waals surface area contributed by atoms with E-state index in [2.05, 4.69) is 5.32 Å². The number of nitrogens with zero attached hydrogens (tertiary/aromatic N) is 1. The van der Waals surface area contributed by atoms with Crippen LogP contribution in [-0.2, 0) is 0 Å². The second-order valence-electron chi connectivity index (χ2n) is 3.56. The van der Waals surface area contributed by atoms with Gasteiger partial charge < -0.3 is 5.32 Å². The minimum Gasteiger partial charge on any atom is -0.353 e. The van der Waals surface area contributed by atoms with E-state index in [1.54, 1.807) is 18.2 Å². The monoisotopic (exact) mass is 280 g/mol. The summed E-state index contributed by atoms with van der Waals surface area (Å²) >= 11 is 11.9. The molecular formula is C13H7Cl2FN2. The van der Waals surface area contributed by atoms with Gasteiger partial charge in [-0.05, 0) is 36.4 Å². The Hall–Kier alpha value is -1.76. The predicted octanol–water partition coefficient (Wildman–Crippen LogP) is 4.75. The molecule has 2 nitrogen and oxygen atoms in total. The molecule has 0 heterocycles. The highest BCUT2D eigenvalue weighted by molar-refractivity contribution is 6.34. The van der Waals surface area contributed by atoms with E-state index in [-0.39, 0.29) is 5.02 Å². The molecule has 0 atom stereocenters. The standard InChI is InChI=1S/C13H7Cl2FN2/c14-10-5-8(7-17)1-3-12(10)18-13-4-2-9(16)6-11(13)15/h1-6,18H. The number of nitrogens with one attached hydrogen (secondary N) is 1. The second-order valence-corrected chi connectivity index (χ2v) is 4.37. The van der Waals surface area contributed by atoms with Crippen molar-refractivity contribution in [1.29, 1.82) is 5.26 Å². The lowest BCUT2D eigenvalue weighted by molar-refractivity contribution is 0.628. The first kappa shape index (κ1) is 12.7. The highest BCUT2D eigenvalue weighted by atomic mass is 35.5. The van der Waals surface area contributed by atoms with E-state index in [0.717, 1.165) is 0 Å². The van der Waals surface area contributed by atoms with Crippen LogP contribution < -0.4 is 5.32 Å². The fourth-order valence-corrected chi connectivity index (χ4v) is 1.86. The topological polar surface area (TPSA) is 35.8 Å². The number of nitriles is 1. The number of hydrogen-bond acceptors (Lipinski definition) is 2. The third-order valence-corrected chi connectivity index (χ3v) is 2.92. The van der Waals surface area contributed by atoms with Crippen LogP contribution in [0.15, 0.2) is 36.4 Å². The average Bonchev–Trinajstić information content (AvgIpc) is 2.34. The molecule has 18 heavy (non-hydrogen) atoms. The Morgan fingerprint density at radius 2 is 1.61 bits per heavy atom. The van der Waals surface area contributed by atoms with Gasteiger partial charge in [0.15, 0.2) is 0 Å². The molecule has 2 rings (SSSR count). The molecule has 0 unspecified atom stereocenters. The predicted molar refractivity (Wildman–Crippen MR) is 70.9 cm³/mol. The van der Waals surface area contributed by atoms with Gasteiger partial charge in [0, 0.05) is 0 Å². The number of halogens is 3. The maximum Gasteiger partial charge on any atom is 0.124 e.